The molecule has 2 aromatic rings. The average Bonchev–Trinajstić information content (AvgIpc) is 2.66. The monoisotopic (exact) mass is 492 g/mol. The molecule has 0 aromatic heterocycles. The number of carbonyl (C=O) groups is 1. The summed E-state index contributed by atoms with van der Waals surface area (Å²) in [5, 5.41) is 2.53. The summed E-state index contributed by atoms with van der Waals surface area (Å²) in [6.07, 6.45) is -4.48. The fourth-order valence-corrected chi connectivity index (χ4v) is 4.60. The molecule has 158 valence electrons. The first-order valence-electron chi connectivity index (χ1n) is 8.74. The lowest BCUT2D eigenvalue weighted by Gasteiger charge is -2.19. The van der Waals surface area contributed by atoms with Crippen LogP contribution in [0.2, 0.25) is 0 Å². The number of rotatable bonds is 7. The number of hydrogen-bond acceptors (Lipinski definition) is 3. The quantitative estimate of drug-likeness (QED) is 0.621. The molecule has 0 radical (unpaired) electrons. The number of hydrogen-bond donors (Lipinski definition) is 1. The van der Waals surface area contributed by atoms with Gasteiger partial charge in [0.25, 0.3) is 5.91 Å². The Labute approximate surface area is 176 Å². The predicted molar refractivity (Wildman–Crippen MR) is 107 cm³/mol. The number of nitrogens with one attached hydrogen (secondary N) is 1. The Balaban J connectivity index is 2.24. The van der Waals surface area contributed by atoms with Crippen LogP contribution in [0.1, 0.15) is 35.3 Å². The van der Waals surface area contributed by atoms with Crippen molar-refractivity contribution in [1.82, 2.24) is 9.62 Å². The van der Waals surface area contributed by atoms with Crippen LogP contribution in [0.3, 0.4) is 0 Å². The molecule has 0 aliphatic heterocycles. The van der Waals surface area contributed by atoms with Crippen molar-refractivity contribution in [2.75, 3.05) is 13.1 Å². The minimum absolute atomic E-state index is 0.0337. The molecule has 0 saturated heterocycles. The first-order valence-corrected chi connectivity index (χ1v) is 11.0. The number of carbonyl (C=O) groups excluding carboxylic acids is 1. The van der Waals surface area contributed by atoms with Crippen molar-refractivity contribution >= 4 is 31.9 Å². The minimum atomic E-state index is -4.48. The fraction of sp³-hybridized carbons (Fsp3) is 0.316. The normalized spacial score (nSPS) is 12.2. The van der Waals surface area contributed by atoms with Gasteiger partial charge in [0.1, 0.15) is 0 Å². The van der Waals surface area contributed by atoms with Gasteiger partial charge >= 0.3 is 6.18 Å². The van der Waals surface area contributed by atoms with Crippen molar-refractivity contribution in [1.29, 1.82) is 0 Å². The van der Waals surface area contributed by atoms with Crippen molar-refractivity contribution in [3.8, 4) is 0 Å². The lowest BCUT2D eigenvalue weighted by atomic mass is 10.1. The van der Waals surface area contributed by atoms with Crippen LogP contribution in [0.25, 0.3) is 0 Å². The third kappa shape index (κ3) is 5.58. The van der Waals surface area contributed by atoms with E-state index in [9.17, 15) is 26.4 Å². The lowest BCUT2D eigenvalue weighted by Crippen LogP contribution is -2.31. The molecule has 5 nitrogen and oxygen atoms in total. The SMILES string of the molecule is CCN(CC)S(=O)(=O)c1ccc(Br)c(C(=O)NCc2cccc(C(F)(F)F)c2)c1. The van der Waals surface area contributed by atoms with E-state index in [1.165, 1.54) is 34.6 Å². The Morgan fingerprint density at radius 2 is 1.76 bits per heavy atom. The molecule has 0 unspecified atom stereocenters. The van der Waals surface area contributed by atoms with Crippen LogP contribution in [0, 0.1) is 0 Å². The Morgan fingerprint density at radius 3 is 2.34 bits per heavy atom. The molecular formula is C19H20BrF3N2O3S. The number of amides is 1. The molecule has 0 aliphatic carbocycles. The highest BCUT2D eigenvalue weighted by atomic mass is 79.9. The fourth-order valence-electron chi connectivity index (χ4n) is 2.69. The van der Waals surface area contributed by atoms with Crippen molar-refractivity contribution in [2.24, 2.45) is 0 Å². The van der Waals surface area contributed by atoms with Crippen LogP contribution in [0.15, 0.2) is 51.8 Å². The zero-order valence-electron chi connectivity index (χ0n) is 15.8. The van der Waals surface area contributed by atoms with Crippen LogP contribution in [0.5, 0.6) is 0 Å². The zero-order chi connectivity index (χ0) is 21.8. The Hall–Kier alpha value is -1.91. The smallest absolute Gasteiger partial charge is 0.348 e. The number of alkyl halides is 3. The molecule has 10 heteroatoms. The van der Waals surface area contributed by atoms with Crippen molar-refractivity contribution in [3.05, 3.63) is 63.6 Å². The highest BCUT2D eigenvalue weighted by Crippen LogP contribution is 2.29. The van der Waals surface area contributed by atoms with Crippen LogP contribution in [0.4, 0.5) is 13.2 Å². The van der Waals surface area contributed by atoms with Gasteiger partial charge in [-0.2, -0.15) is 17.5 Å². The van der Waals surface area contributed by atoms with Gasteiger partial charge in [-0.05, 0) is 51.8 Å². The van der Waals surface area contributed by atoms with E-state index in [1.807, 2.05) is 0 Å². The Morgan fingerprint density at radius 1 is 1.10 bits per heavy atom. The molecule has 0 atom stereocenters. The van der Waals surface area contributed by atoms with E-state index in [2.05, 4.69) is 21.2 Å². The van der Waals surface area contributed by atoms with E-state index in [0.717, 1.165) is 12.1 Å². The second-order valence-corrected chi connectivity index (χ2v) is 8.90. The van der Waals surface area contributed by atoms with E-state index < -0.39 is 27.7 Å². The number of nitrogens with zero attached hydrogens (tertiary/aromatic N) is 1. The first kappa shape index (κ1) is 23.4. The summed E-state index contributed by atoms with van der Waals surface area (Å²) >= 11 is 3.21. The maximum Gasteiger partial charge on any atom is 0.416 e. The van der Waals surface area contributed by atoms with Gasteiger partial charge in [-0.15, -0.1) is 0 Å². The van der Waals surface area contributed by atoms with Gasteiger partial charge in [0.05, 0.1) is 16.0 Å². The summed E-state index contributed by atoms with van der Waals surface area (Å²) in [4.78, 5) is 12.5. The number of benzene rings is 2. The van der Waals surface area contributed by atoms with Crippen molar-refractivity contribution < 1.29 is 26.4 Å². The first-order chi connectivity index (χ1) is 13.5. The van der Waals surface area contributed by atoms with Gasteiger partial charge in [0.15, 0.2) is 0 Å². The standard InChI is InChI=1S/C19H20BrF3N2O3S/c1-3-25(4-2)29(27,28)15-8-9-17(20)16(11-15)18(26)24-12-13-6-5-7-14(10-13)19(21,22)23/h5-11H,3-4,12H2,1-2H3,(H,24,26). The second kappa shape index (κ2) is 9.27. The van der Waals surface area contributed by atoms with E-state index in [4.69, 9.17) is 0 Å². The third-order valence-corrected chi connectivity index (χ3v) is 6.97. The molecule has 0 aliphatic rings. The van der Waals surface area contributed by atoms with Gasteiger partial charge in [-0.25, -0.2) is 8.42 Å². The Bertz CT molecular complexity index is 990. The van der Waals surface area contributed by atoms with E-state index in [1.54, 1.807) is 13.8 Å². The maximum absolute atomic E-state index is 12.8. The summed E-state index contributed by atoms with van der Waals surface area (Å²) in [5.74, 6) is -0.606. The zero-order valence-corrected chi connectivity index (χ0v) is 18.2. The van der Waals surface area contributed by atoms with Gasteiger partial charge in [-0.3, -0.25) is 4.79 Å². The van der Waals surface area contributed by atoms with Gasteiger partial charge < -0.3 is 5.32 Å². The van der Waals surface area contributed by atoms with Crippen LogP contribution in [-0.4, -0.2) is 31.7 Å². The average molecular weight is 493 g/mol. The molecular weight excluding hydrogens is 473 g/mol. The summed E-state index contributed by atoms with van der Waals surface area (Å²) in [7, 11) is -3.76. The van der Waals surface area contributed by atoms with Gasteiger partial charge in [-0.1, -0.05) is 26.0 Å². The van der Waals surface area contributed by atoms with E-state index in [0.29, 0.717) is 4.47 Å². The molecule has 0 fully saturated rings. The van der Waals surface area contributed by atoms with Gasteiger partial charge in [0, 0.05) is 24.1 Å². The number of sulfonamides is 1. The molecule has 1 amide bonds. The van der Waals surface area contributed by atoms with Crippen molar-refractivity contribution in [3.63, 3.8) is 0 Å². The molecule has 2 rings (SSSR count). The molecule has 2 aromatic carbocycles. The largest absolute Gasteiger partial charge is 0.416 e. The van der Waals surface area contributed by atoms with Gasteiger partial charge in [0.2, 0.25) is 10.0 Å². The molecule has 0 bridgehead atoms. The summed E-state index contributed by atoms with van der Waals surface area (Å²) < 4.78 is 65.4. The molecule has 29 heavy (non-hydrogen) atoms. The second-order valence-electron chi connectivity index (χ2n) is 6.11. The van der Waals surface area contributed by atoms with Crippen LogP contribution in [-0.2, 0) is 22.7 Å². The summed E-state index contributed by atoms with van der Waals surface area (Å²) in [6, 6.07) is 8.72. The van der Waals surface area contributed by atoms with E-state index in [-0.39, 0.29) is 35.7 Å². The summed E-state index contributed by atoms with van der Waals surface area (Å²) in [6.45, 7) is 3.85. The van der Waals surface area contributed by atoms with Crippen molar-refractivity contribution in [2.45, 2.75) is 31.5 Å². The molecule has 0 spiro atoms. The predicted octanol–water partition coefficient (Wildman–Crippen LogP) is 4.43. The molecule has 0 heterocycles. The maximum atomic E-state index is 12.8. The van der Waals surface area contributed by atoms with Crippen LogP contribution < -0.4 is 5.32 Å². The third-order valence-electron chi connectivity index (χ3n) is 4.23. The van der Waals surface area contributed by atoms with Crippen LogP contribution >= 0.6 is 15.9 Å². The van der Waals surface area contributed by atoms with E-state index >= 15 is 0 Å². The minimum Gasteiger partial charge on any atom is -0.348 e. The summed E-state index contributed by atoms with van der Waals surface area (Å²) in [5.41, 5.74) is -0.459. The highest BCUT2D eigenvalue weighted by molar-refractivity contribution is 9.10. The lowest BCUT2D eigenvalue weighted by molar-refractivity contribution is -0.137. The molecule has 1 N–H and O–H groups in total. The highest BCUT2D eigenvalue weighted by Gasteiger charge is 2.30. The Kier molecular flexibility index (Phi) is 7.47. The topological polar surface area (TPSA) is 66.5 Å². The molecule has 0 saturated carbocycles. The number of halogens is 4.